The monoisotopic (exact) mass is 347 g/mol. The molecule has 0 aliphatic heterocycles. The maximum absolute atomic E-state index is 9.16. The van der Waals surface area contributed by atoms with Gasteiger partial charge in [0, 0.05) is 12.3 Å². The summed E-state index contributed by atoms with van der Waals surface area (Å²) < 4.78 is 16.9. The summed E-state index contributed by atoms with van der Waals surface area (Å²) >= 11 is 0. The summed E-state index contributed by atoms with van der Waals surface area (Å²) in [5.74, 6) is 0.841. The van der Waals surface area contributed by atoms with E-state index in [1.54, 1.807) is 24.4 Å². The van der Waals surface area contributed by atoms with Crippen molar-refractivity contribution in [1.82, 2.24) is 10.1 Å². The van der Waals surface area contributed by atoms with Crippen molar-refractivity contribution in [3.63, 3.8) is 0 Å². The quantitative estimate of drug-likeness (QED) is 0.670. The van der Waals surface area contributed by atoms with Crippen molar-refractivity contribution in [1.29, 1.82) is 0 Å². The fourth-order valence-electron chi connectivity index (χ4n) is 1.87. The Labute approximate surface area is 147 Å². The Kier molecular flexibility index (Phi) is 5.47. The van der Waals surface area contributed by atoms with Crippen LogP contribution in [-0.4, -0.2) is 32.5 Å². The minimum Gasteiger partial charge on any atom is -0.445 e. The number of rotatable bonds is 3. The van der Waals surface area contributed by atoms with Gasteiger partial charge in [0.15, 0.2) is 11.6 Å². The molecule has 2 rings (SSSR count). The molecule has 136 valence electrons. The fourth-order valence-corrected chi connectivity index (χ4v) is 1.87. The molecular weight excluding hydrogens is 322 g/mol. The van der Waals surface area contributed by atoms with E-state index in [-0.39, 0.29) is 12.7 Å². The average Bonchev–Trinajstić information content (AvgIpc) is 2.93. The van der Waals surface area contributed by atoms with E-state index in [1.807, 2.05) is 41.5 Å². The zero-order valence-corrected chi connectivity index (χ0v) is 15.5. The van der Waals surface area contributed by atoms with E-state index in [1.165, 1.54) is 0 Å². The van der Waals surface area contributed by atoms with Crippen LogP contribution in [0.3, 0.4) is 0 Å². The second-order valence-electron chi connectivity index (χ2n) is 7.52. The van der Waals surface area contributed by atoms with Crippen LogP contribution >= 0.6 is 0 Å². The third-order valence-electron chi connectivity index (χ3n) is 2.76. The van der Waals surface area contributed by atoms with Crippen molar-refractivity contribution >= 4 is 11.9 Å². The first-order chi connectivity index (χ1) is 11.6. The van der Waals surface area contributed by atoms with Gasteiger partial charge in [0.05, 0.1) is 12.2 Å². The van der Waals surface area contributed by atoms with Gasteiger partial charge in [-0.2, -0.15) is 4.99 Å². The standard InChI is InChI=1S/C18H25N3O4/c1-17(2,3)23-16(24-18(4,5)6)20-15-13(8-7-9-19-15)14-10-12(11-22)21-25-14/h7-10,22H,11H2,1-6H3. The van der Waals surface area contributed by atoms with Crippen LogP contribution in [0.25, 0.3) is 11.3 Å². The summed E-state index contributed by atoms with van der Waals surface area (Å²) in [4.78, 5) is 8.74. The van der Waals surface area contributed by atoms with Crippen molar-refractivity contribution < 1.29 is 19.1 Å². The van der Waals surface area contributed by atoms with Gasteiger partial charge in [-0.3, -0.25) is 0 Å². The highest BCUT2D eigenvalue weighted by Gasteiger charge is 2.23. The maximum atomic E-state index is 9.16. The first-order valence-electron chi connectivity index (χ1n) is 8.06. The molecule has 0 radical (unpaired) electrons. The normalized spacial score (nSPS) is 12.0. The molecule has 7 heteroatoms. The molecule has 0 unspecified atom stereocenters. The van der Waals surface area contributed by atoms with Crippen LogP contribution in [0.2, 0.25) is 0 Å². The Morgan fingerprint density at radius 1 is 1.16 bits per heavy atom. The number of ether oxygens (including phenoxy) is 2. The minimum atomic E-state index is -0.477. The van der Waals surface area contributed by atoms with E-state index in [4.69, 9.17) is 19.1 Å². The molecule has 0 saturated heterocycles. The molecule has 1 N–H and O–H groups in total. The summed E-state index contributed by atoms with van der Waals surface area (Å²) in [5, 5.41) is 12.9. The molecule has 0 bridgehead atoms. The molecule has 25 heavy (non-hydrogen) atoms. The number of aliphatic hydroxyl groups excluding tert-OH is 1. The first kappa shape index (κ1) is 18.9. The van der Waals surface area contributed by atoms with Crippen molar-refractivity contribution in [2.24, 2.45) is 4.99 Å². The zero-order chi connectivity index (χ0) is 18.7. The van der Waals surface area contributed by atoms with Crippen LogP contribution in [-0.2, 0) is 16.1 Å². The van der Waals surface area contributed by atoms with Crippen LogP contribution in [0.4, 0.5) is 5.82 Å². The molecule has 2 aromatic rings. The second-order valence-corrected chi connectivity index (χ2v) is 7.52. The van der Waals surface area contributed by atoms with Gasteiger partial charge >= 0.3 is 6.08 Å². The lowest BCUT2D eigenvalue weighted by atomic mass is 10.2. The summed E-state index contributed by atoms with van der Waals surface area (Å²) in [6.45, 7) is 11.3. The Morgan fingerprint density at radius 3 is 2.32 bits per heavy atom. The molecule has 0 saturated carbocycles. The molecule has 0 atom stereocenters. The Morgan fingerprint density at radius 2 is 1.80 bits per heavy atom. The zero-order valence-electron chi connectivity index (χ0n) is 15.5. The van der Waals surface area contributed by atoms with Crippen LogP contribution in [0.15, 0.2) is 33.9 Å². The molecule has 2 aromatic heterocycles. The van der Waals surface area contributed by atoms with Crippen LogP contribution < -0.4 is 0 Å². The third-order valence-corrected chi connectivity index (χ3v) is 2.76. The molecule has 7 nitrogen and oxygen atoms in total. The second kappa shape index (κ2) is 7.23. The van der Waals surface area contributed by atoms with Crippen molar-refractivity contribution in [3.8, 4) is 11.3 Å². The number of nitrogens with zero attached hydrogens (tertiary/aromatic N) is 3. The van der Waals surface area contributed by atoms with Gasteiger partial charge in [-0.15, -0.1) is 0 Å². The highest BCUT2D eigenvalue weighted by molar-refractivity contribution is 5.77. The van der Waals surface area contributed by atoms with Gasteiger partial charge < -0.3 is 19.1 Å². The highest BCUT2D eigenvalue weighted by atomic mass is 16.7. The van der Waals surface area contributed by atoms with Gasteiger partial charge in [0.25, 0.3) is 0 Å². The highest BCUT2D eigenvalue weighted by Crippen LogP contribution is 2.29. The van der Waals surface area contributed by atoms with Gasteiger partial charge in [-0.25, -0.2) is 4.98 Å². The number of hydrogen-bond donors (Lipinski definition) is 1. The summed E-state index contributed by atoms with van der Waals surface area (Å²) in [6, 6.07) is 5.22. The Balaban J connectivity index is 2.44. The lowest BCUT2D eigenvalue weighted by Gasteiger charge is -2.27. The summed E-state index contributed by atoms with van der Waals surface area (Å²) in [6.07, 6.45) is 1.75. The smallest absolute Gasteiger partial charge is 0.391 e. The number of hydrogen-bond acceptors (Lipinski definition) is 7. The number of aliphatic imine (C=N–C) groups is 1. The summed E-state index contributed by atoms with van der Waals surface area (Å²) in [5.41, 5.74) is 0.109. The SMILES string of the molecule is CC(C)(C)OC(=Nc1ncccc1-c1cc(CO)no1)OC(C)(C)C. The van der Waals surface area contributed by atoms with Crippen molar-refractivity contribution in [2.45, 2.75) is 59.4 Å². The fraction of sp³-hybridized carbons (Fsp3) is 0.500. The van der Waals surface area contributed by atoms with Gasteiger partial charge in [0.2, 0.25) is 0 Å². The molecule has 2 heterocycles. The van der Waals surface area contributed by atoms with Crippen molar-refractivity contribution in [2.75, 3.05) is 0 Å². The Hall–Kier alpha value is -2.41. The first-order valence-corrected chi connectivity index (χ1v) is 8.06. The van der Waals surface area contributed by atoms with Gasteiger partial charge in [0.1, 0.15) is 16.9 Å². The van der Waals surface area contributed by atoms with Gasteiger partial charge in [-0.05, 0) is 53.7 Å². The van der Waals surface area contributed by atoms with E-state index < -0.39 is 11.2 Å². The van der Waals surface area contributed by atoms with E-state index >= 15 is 0 Å². The number of aromatic nitrogens is 2. The summed E-state index contributed by atoms with van der Waals surface area (Å²) in [7, 11) is 0. The lowest BCUT2D eigenvalue weighted by molar-refractivity contribution is 0.00976. The van der Waals surface area contributed by atoms with E-state index in [9.17, 15) is 0 Å². The molecule has 0 fully saturated rings. The number of aliphatic hydroxyl groups is 1. The topological polar surface area (TPSA) is 90.0 Å². The lowest BCUT2D eigenvalue weighted by Crippen LogP contribution is -2.31. The van der Waals surface area contributed by atoms with Crippen LogP contribution in [0.1, 0.15) is 47.2 Å². The average molecular weight is 347 g/mol. The molecule has 0 spiro atoms. The van der Waals surface area contributed by atoms with Crippen LogP contribution in [0.5, 0.6) is 0 Å². The molecule has 0 aliphatic carbocycles. The van der Waals surface area contributed by atoms with Crippen molar-refractivity contribution in [3.05, 3.63) is 30.1 Å². The number of pyridine rings is 1. The molecule has 0 aromatic carbocycles. The van der Waals surface area contributed by atoms with Gasteiger partial charge in [-0.1, -0.05) is 5.16 Å². The predicted octanol–water partition coefficient (Wildman–Crippen LogP) is 3.85. The van der Waals surface area contributed by atoms with E-state index in [2.05, 4.69) is 15.1 Å². The molecule has 0 amide bonds. The Bertz CT molecular complexity index is 721. The minimum absolute atomic E-state index is 0.127. The predicted molar refractivity (Wildman–Crippen MR) is 94.4 cm³/mol. The largest absolute Gasteiger partial charge is 0.445 e. The third kappa shape index (κ3) is 5.86. The molecular formula is C18H25N3O4. The van der Waals surface area contributed by atoms with E-state index in [0.717, 1.165) is 0 Å². The maximum Gasteiger partial charge on any atom is 0.391 e. The van der Waals surface area contributed by atoms with Crippen LogP contribution in [0, 0.1) is 0 Å². The van der Waals surface area contributed by atoms with E-state index in [0.29, 0.717) is 22.8 Å². The molecule has 0 aliphatic rings.